The highest BCUT2D eigenvalue weighted by molar-refractivity contribution is 5.86. The maximum absolute atomic E-state index is 11.9. The lowest BCUT2D eigenvalue weighted by Gasteiger charge is -2.49. The summed E-state index contributed by atoms with van der Waals surface area (Å²) < 4.78 is 0. The molecule has 1 aromatic carbocycles. The van der Waals surface area contributed by atoms with Gasteiger partial charge in [0, 0.05) is 6.04 Å². The summed E-state index contributed by atoms with van der Waals surface area (Å²) in [6.45, 7) is 6.26. The molecule has 2 rings (SSSR count). The fourth-order valence-electron chi connectivity index (χ4n) is 2.59. The van der Waals surface area contributed by atoms with Crippen molar-refractivity contribution in [1.82, 2.24) is 4.90 Å². The predicted octanol–water partition coefficient (Wildman–Crippen LogP) is 3.00. The largest absolute Gasteiger partial charge is 0.332 e. The van der Waals surface area contributed by atoms with E-state index in [2.05, 4.69) is 32.9 Å². The van der Waals surface area contributed by atoms with Crippen molar-refractivity contribution in [3.63, 3.8) is 0 Å². The Labute approximate surface area is 97.3 Å². The molecule has 1 amide bonds. The first kappa shape index (κ1) is 11.2. The maximum Gasteiger partial charge on any atom is 0.228 e. The van der Waals surface area contributed by atoms with Gasteiger partial charge in [0.15, 0.2) is 0 Å². The Morgan fingerprint density at radius 3 is 2.38 bits per heavy atom. The van der Waals surface area contributed by atoms with Crippen molar-refractivity contribution in [2.75, 3.05) is 0 Å². The van der Waals surface area contributed by atoms with Gasteiger partial charge in [0.1, 0.15) is 0 Å². The van der Waals surface area contributed by atoms with Crippen LogP contribution in [0.3, 0.4) is 0 Å². The summed E-state index contributed by atoms with van der Waals surface area (Å²) in [5.41, 5.74) is 1.27. The van der Waals surface area contributed by atoms with Gasteiger partial charge in [-0.3, -0.25) is 4.79 Å². The highest BCUT2D eigenvalue weighted by Gasteiger charge is 2.47. The second kappa shape index (κ2) is 4.28. The van der Waals surface area contributed by atoms with E-state index in [1.54, 1.807) is 0 Å². The summed E-state index contributed by atoms with van der Waals surface area (Å²) >= 11 is 0. The summed E-state index contributed by atoms with van der Waals surface area (Å²) in [5.74, 6) is 0.496. The van der Waals surface area contributed by atoms with Crippen LogP contribution in [0.4, 0.5) is 0 Å². The number of likely N-dealkylation sites (tertiary alicyclic amines) is 1. The second-order valence-corrected chi connectivity index (χ2v) is 4.71. The number of benzene rings is 1. The Kier molecular flexibility index (Phi) is 2.99. The number of rotatable bonds is 3. The zero-order valence-corrected chi connectivity index (χ0v) is 10.2. The van der Waals surface area contributed by atoms with Crippen LogP contribution in [-0.2, 0) is 4.79 Å². The lowest BCUT2D eigenvalue weighted by molar-refractivity contribution is -0.160. The number of carbonyl (C=O) groups excluding carboxylic acids is 1. The van der Waals surface area contributed by atoms with E-state index in [1.807, 2.05) is 23.1 Å². The minimum atomic E-state index is 0.185. The van der Waals surface area contributed by atoms with Crippen LogP contribution in [0.5, 0.6) is 0 Å². The van der Waals surface area contributed by atoms with E-state index < -0.39 is 0 Å². The van der Waals surface area contributed by atoms with Gasteiger partial charge in [-0.2, -0.15) is 0 Å². The van der Waals surface area contributed by atoms with Crippen LogP contribution in [0, 0.1) is 5.92 Å². The van der Waals surface area contributed by atoms with E-state index in [0.717, 1.165) is 6.42 Å². The molecule has 16 heavy (non-hydrogen) atoms. The van der Waals surface area contributed by atoms with E-state index in [-0.39, 0.29) is 5.92 Å². The first-order valence-electron chi connectivity index (χ1n) is 6.04. The molecule has 2 nitrogen and oxygen atoms in total. The molecule has 1 aromatic rings. The molecule has 1 aliphatic rings. The molecule has 2 atom stereocenters. The van der Waals surface area contributed by atoms with E-state index in [1.165, 1.54) is 5.56 Å². The Bertz CT molecular complexity index is 372. The molecule has 0 saturated carbocycles. The smallest absolute Gasteiger partial charge is 0.228 e. The standard InChI is InChI=1S/C14H19NO/c1-4-12-13(11-8-6-5-7-9-11)15(10(2)3)14(12)16/h5-10,12-13H,4H2,1-3H3. The SMILES string of the molecule is CCC1C(=O)N(C(C)C)C1c1ccccc1. The van der Waals surface area contributed by atoms with Gasteiger partial charge in [-0.25, -0.2) is 0 Å². The molecule has 1 saturated heterocycles. The minimum absolute atomic E-state index is 0.185. The fourth-order valence-corrected chi connectivity index (χ4v) is 2.59. The molecule has 0 aliphatic carbocycles. The van der Waals surface area contributed by atoms with Gasteiger partial charge in [0.25, 0.3) is 0 Å². The molecule has 86 valence electrons. The number of hydrogen-bond donors (Lipinski definition) is 0. The number of amides is 1. The molecular weight excluding hydrogens is 198 g/mol. The van der Waals surface area contributed by atoms with Crippen LogP contribution < -0.4 is 0 Å². The van der Waals surface area contributed by atoms with Crippen LogP contribution in [0.1, 0.15) is 38.8 Å². The molecule has 0 radical (unpaired) electrons. The maximum atomic E-state index is 11.9. The van der Waals surface area contributed by atoms with E-state index in [4.69, 9.17) is 0 Å². The highest BCUT2D eigenvalue weighted by Crippen LogP contribution is 2.42. The molecule has 0 aromatic heterocycles. The summed E-state index contributed by atoms with van der Waals surface area (Å²) in [4.78, 5) is 13.9. The van der Waals surface area contributed by atoms with Gasteiger partial charge in [0.05, 0.1) is 12.0 Å². The van der Waals surface area contributed by atoms with Crippen molar-refractivity contribution in [1.29, 1.82) is 0 Å². The Balaban J connectivity index is 2.27. The number of hydrogen-bond acceptors (Lipinski definition) is 1. The molecule has 1 fully saturated rings. The van der Waals surface area contributed by atoms with Gasteiger partial charge in [-0.1, -0.05) is 37.3 Å². The molecule has 2 unspecified atom stereocenters. The average Bonchev–Trinajstić information content (AvgIpc) is 2.27. The third kappa shape index (κ3) is 1.62. The van der Waals surface area contributed by atoms with Crippen LogP contribution in [0.15, 0.2) is 30.3 Å². The van der Waals surface area contributed by atoms with E-state index >= 15 is 0 Å². The normalized spacial score (nSPS) is 24.8. The summed E-state index contributed by atoms with van der Waals surface area (Å²) in [6, 6.07) is 10.9. The molecule has 2 heteroatoms. The molecule has 1 aliphatic heterocycles. The minimum Gasteiger partial charge on any atom is -0.332 e. The molecular formula is C14H19NO. The molecule has 0 N–H and O–H groups in total. The fraction of sp³-hybridized carbons (Fsp3) is 0.500. The van der Waals surface area contributed by atoms with Gasteiger partial charge in [-0.15, -0.1) is 0 Å². The quantitative estimate of drug-likeness (QED) is 0.713. The van der Waals surface area contributed by atoms with Crippen molar-refractivity contribution >= 4 is 5.91 Å². The van der Waals surface area contributed by atoms with Gasteiger partial charge < -0.3 is 4.90 Å². The third-order valence-electron chi connectivity index (χ3n) is 3.39. The lowest BCUT2D eigenvalue weighted by Crippen LogP contribution is -2.57. The zero-order valence-electron chi connectivity index (χ0n) is 10.2. The molecule has 0 spiro atoms. The summed E-state index contributed by atoms with van der Waals surface area (Å²) in [5, 5.41) is 0. The van der Waals surface area contributed by atoms with Gasteiger partial charge >= 0.3 is 0 Å². The Morgan fingerprint density at radius 2 is 1.88 bits per heavy atom. The monoisotopic (exact) mass is 217 g/mol. The van der Waals surface area contributed by atoms with Crippen LogP contribution in [0.2, 0.25) is 0 Å². The van der Waals surface area contributed by atoms with Crippen molar-refractivity contribution in [3.05, 3.63) is 35.9 Å². The van der Waals surface area contributed by atoms with Crippen LogP contribution in [0.25, 0.3) is 0 Å². The Morgan fingerprint density at radius 1 is 1.25 bits per heavy atom. The number of β-lactam (4-membered cyclic amide) rings is 1. The second-order valence-electron chi connectivity index (χ2n) is 4.71. The topological polar surface area (TPSA) is 20.3 Å². The van der Waals surface area contributed by atoms with Crippen LogP contribution in [-0.4, -0.2) is 16.8 Å². The van der Waals surface area contributed by atoms with Gasteiger partial charge in [0.2, 0.25) is 5.91 Å². The predicted molar refractivity (Wildman–Crippen MR) is 64.9 cm³/mol. The lowest BCUT2D eigenvalue weighted by atomic mass is 9.80. The molecule has 1 heterocycles. The Hall–Kier alpha value is -1.31. The first-order chi connectivity index (χ1) is 7.66. The third-order valence-corrected chi connectivity index (χ3v) is 3.39. The van der Waals surface area contributed by atoms with Crippen molar-refractivity contribution < 1.29 is 4.79 Å². The number of carbonyl (C=O) groups is 1. The van der Waals surface area contributed by atoms with Gasteiger partial charge in [-0.05, 0) is 25.8 Å². The average molecular weight is 217 g/mol. The van der Waals surface area contributed by atoms with Crippen molar-refractivity contribution in [2.45, 2.75) is 39.3 Å². The van der Waals surface area contributed by atoms with E-state index in [0.29, 0.717) is 18.0 Å². The van der Waals surface area contributed by atoms with Crippen molar-refractivity contribution in [2.24, 2.45) is 5.92 Å². The van der Waals surface area contributed by atoms with Crippen LogP contribution >= 0.6 is 0 Å². The van der Waals surface area contributed by atoms with E-state index in [9.17, 15) is 4.79 Å². The molecule has 0 bridgehead atoms. The summed E-state index contributed by atoms with van der Waals surface area (Å²) in [6.07, 6.45) is 0.932. The zero-order chi connectivity index (χ0) is 11.7. The van der Waals surface area contributed by atoms with Crippen molar-refractivity contribution in [3.8, 4) is 0 Å². The highest BCUT2D eigenvalue weighted by atomic mass is 16.2. The first-order valence-corrected chi connectivity index (χ1v) is 6.04. The summed E-state index contributed by atoms with van der Waals surface area (Å²) in [7, 11) is 0. The number of nitrogens with zero attached hydrogens (tertiary/aromatic N) is 1.